The largest absolute Gasteiger partial charge is 0.463 e. The van der Waals surface area contributed by atoms with Crippen LogP contribution in [0.1, 0.15) is 32.6 Å². The first-order valence-electron chi connectivity index (χ1n) is 5.37. The van der Waals surface area contributed by atoms with E-state index in [0.29, 0.717) is 6.61 Å². The first-order valence-corrected chi connectivity index (χ1v) is 5.37. The van der Waals surface area contributed by atoms with E-state index >= 15 is 0 Å². The molecule has 0 aromatic rings. The zero-order valence-electron chi connectivity index (χ0n) is 9.08. The Hall–Kier alpha value is -1.49. The number of carbonyl (C=O) groups excluding carboxylic acids is 1. The van der Waals surface area contributed by atoms with E-state index in [-0.39, 0.29) is 5.97 Å². The quantitative estimate of drug-likeness (QED) is 0.392. The minimum Gasteiger partial charge on any atom is -0.463 e. The summed E-state index contributed by atoms with van der Waals surface area (Å²) in [7, 11) is 0. The van der Waals surface area contributed by atoms with Gasteiger partial charge in [0.2, 0.25) is 0 Å². The van der Waals surface area contributed by atoms with Gasteiger partial charge in [-0.1, -0.05) is 17.9 Å². The van der Waals surface area contributed by atoms with Crippen molar-refractivity contribution in [2.45, 2.75) is 32.6 Å². The molecule has 0 fully saturated rings. The van der Waals surface area contributed by atoms with Gasteiger partial charge in [-0.15, -0.1) is 0 Å². The van der Waals surface area contributed by atoms with Gasteiger partial charge in [0.1, 0.15) is 0 Å². The van der Waals surface area contributed by atoms with Gasteiger partial charge in [-0.2, -0.15) is 0 Å². The molecule has 0 bridgehead atoms. The van der Waals surface area contributed by atoms with Crippen molar-refractivity contribution in [3.05, 3.63) is 23.8 Å². The monoisotopic (exact) mass is 204 g/mol. The van der Waals surface area contributed by atoms with Crippen molar-refractivity contribution in [3.8, 4) is 11.8 Å². The molecule has 0 aliphatic heterocycles. The number of carbonyl (C=O) groups is 1. The van der Waals surface area contributed by atoms with Crippen LogP contribution in [0.5, 0.6) is 0 Å². The average Bonchev–Trinajstić information content (AvgIpc) is 2.26. The highest BCUT2D eigenvalue weighted by Gasteiger charge is 1.98. The lowest BCUT2D eigenvalue weighted by molar-refractivity contribution is -0.137. The lowest BCUT2D eigenvalue weighted by Gasteiger charge is -2.05. The molecule has 15 heavy (non-hydrogen) atoms. The van der Waals surface area contributed by atoms with Gasteiger partial charge in [-0.05, 0) is 44.3 Å². The molecule has 1 rings (SSSR count). The molecule has 0 atom stereocenters. The van der Waals surface area contributed by atoms with Gasteiger partial charge < -0.3 is 4.74 Å². The predicted octanol–water partition coefficient (Wildman–Crippen LogP) is 2.61. The molecule has 0 unspecified atom stereocenters. The Bertz CT molecular complexity index is 326. The van der Waals surface area contributed by atoms with Crippen molar-refractivity contribution in [1.29, 1.82) is 0 Å². The average molecular weight is 204 g/mol. The van der Waals surface area contributed by atoms with Crippen LogP contribution in [0.15, 0.2) is 23.8 Å². The third-order valence-corrected chi connectivity index (χ3v) is 2.11. The van der Waals surface area contributed by atoms with Crippen molar-refractivity contribution in [2.75, 3.05) is 6.61 Å². The molecular weight excluding hydrogens is 188 g/mol. The summed E-state index contributed by atoms with van der Waals surface area (Å²) in [4.78, 5) is 10.9. The maximum absolute atomic E-state index is 10.9. The fourth-order valence-electron chi connectivity index (χ4n) is 1.39. The second-order valence-corrected chi connectivity index (χ2v) is 3.33. The zero-order chi connectivity index (χ0) is 10.9. The first kappa shape index (κ1) is 11.6. The van der Waals surface area contributed by atoms with Crippen molar-refractivity contribution in [1.82, 2.24) is 0 Å². The maximum Gasteiger partial charge on any atom is 0.331 e. The number of hydrogen-bond donors (Lipinski definition) is 0. The highest BCUT2D eigenvalue weighted by molar-refractivity contribution is 5.82. The molecule has 0 saturated heterocycles. The van der Waals surface area contributed by atoms with Gasteiger partial charge in [0.15, 0.2) is 0 Å². The lowest BCUT2D eigenvalue weighted by atomic mass is 10.0. The van der Waals surface area contributed by atoms with E-state index in [0.717, 1.165) is 12.8 Å². The van der Waals surface area contributed by atoms with Crippen LogP contribution in [0.25, 0.3) is 0 Å². The Morgan fingerprint density at radius 1 is 1.60 bits per heavy atom. The van der Waals surface area contributed by atoms with Crippen LogP contribution in [0.3, 0.4) is 0 Å². The fraction of sp³-hybridized carbons (Fsp3) is 0.462. The zero-order valence-corrected chi connectivity index (χ0v) is 9.08. The standard InChI is InChI=1S/C13H16O2/c1-2-15-13(14)11-7-6-10-12-8-4-3-5-9-12/h7-8,11H,2-5,9H2,1H3/b11-7-. The second kappa shape index (κ2) is 6.89. The van der Waals surface area contributed by atoms with Crippen molar-refractivity contribution >= 4 is 5.97 Å². The number of rotatable bonds is 2. The van der Waals surface area contributed by atoms with Crippen LogP contribution in [0.2, 0.25) is 0 Å². The molecule has 0 heterocycles. The molecule has 1 aliphatic rings. The van der Waals surface area contributed by atoms with Crippen LogP contribution in [0.4, 0.5) is 0 Å². The third-order valence-electron chi connectivity index (χ3n) is 2.11. The molecule has 0 amide bonds. The smallest absolute Gasteiger partial charge is 0.331 e. The summed E-state index contributed by atoms with van der Waals surface area (Å²) in [5.74, 6) is 5.55. The highest BCUT2D eigenvalue weighted by atomic mass is 16.5. The van der Waals surface area contributed by atoms with Crippen LogP contribution in [-0.2, 0) is 9.53 Å². The summed E-state index contributed by atoms with van der Waals surface area (Å²) in [5, 5.41) is 0. The molecule has 2 nitrogen and oxygen atoms in total. The van der Waals surface area contributed by atoms with E-state index in [1.54, 1.807) is 13.0 Å². The summed E-state index contributed by atoms with van der Waals surface area (Å²) in [6, 6.07) is 0. The SMILES string of the molecule is CCOC(=O)/C=C\C#CC1=CCCCC1. The molecule has 0 spiro atoms. The fourth-order valence-corrected chi connectivity index (χ4v) is 1.39. The molecule has 0 saturated carbocycles. The van der Waals surface area contributed by atoms with Gasteiger partial charge in [-0.25, -0.2) is 4.79 Å². The van der Waals surface area contributed by atoms with Crippen molar-refractivity contribution in [3.63, 3.8) is 0 Å². The Morgan fingerprint density at radius 2 is 2.47 bits per heavy atom. The summed E-state index contributed by atoms with van der Waals surface area (Å²) in [6.45, 7) is 2.19. The molecule has 80 valence electrons. The van der Waals surface area contributed by atoms with Crippen LogP contribution in [0, 0.1) is 11.8 Å². The van der Waals surface area contributed by atoms with Gasteiger partial charge in [0.25, 0.3) is 0 Å². The summed E-state index contributed by atoms with van der Waals surface area (Å²) in [6.07, 6.45) is 9.78. The van der Waals surface area contributed by atoms with E-state index in [2.05, 4.69) is 17.9 Å². The normalized spacial score (nSPS) is 15.4. The highest BCUT2D eigenvalue weighted by Crippen LogP contribution is 2.15. The topological polar surface area (TPSA) is 26.3 Å². The van der Waals surface area contributed by atoms with E-state index in [9.17, 15) is 4.79 Å². The van der Waals surface area contributed by atoms with E-state index < -0.39 is 0 Å². The first-order chi connectivity index (χ1) is 7.33. The van der Waals surface area contributed by atoms with Crippen molar-refractivity contribution < 1.29 is 9.53 Å². The summed E-state index contributed by atoms with van der Waals surface area (Å²) >= 11 is 0. The van der Waals surface area contributed by atoms with Gasteiger partial charge in [-0.3, -0.25) is 0 Å². The molecule has 2 heteroatoms. The van der Waals surface area contributed by atoms with E-state index in [4.69, 9.17) is 4.74 Å². The maximum atomic E-state index is 10.9. The number of hydrogen-bond acceptors (Lipinski definition) is 2. The Morgan fingerprint density at radius 3 is 3.13 bits per heavy atom. The minimum absolute atomic E-state index is 0.329. The summed E-state index contributed by atoms with van der Waals surface area (Å²) in [5.41, 5.74) is 1.19. The van der Waals surface area contributed by atoms with E-state index in [1.807, 2.05) is 0 Å². The van der Waals surface area contributed by atoms with Gasteiger partial charge in [0.05, 0.1) is 6.61 Å². The van der Waals surface area contributed by atoms with Gasteiger partial charge >= 0.3 is 5.97 Å². The number of allylic oxidation sites excluding steroid dienone is 3. The Balaban J connectivity index is 2.38. The third kappa shape index (κ3) is 5.07. The number of ether oxygens (including phenoxy) is 1. The Kier molecular flexibility index (Phi) is 5.32. The minimum atomic E-state index is -0.329. The summed E-state index contributed by atoms with van der Waals surface area (Å²) < 4.78 is 4.73. The van der Waals surface area contributed by atoms with Gasteiger partial charge in [0, 0.05) is 6.08 Å². The van der Waals surface area contributed by atoms with Crippen LogP contribution in [-0.4, -0.2) is 12.6 Å². The molecular formula is C13H16O2. The van der Waals surface area contributed by atoms with Crippen LogP contribution < -0.4 is 0 Å². The lowest BCUT2D eigenvalue weighted by Crippen LogP contribution is -1.98. The Labute approximate surface area is 91.0 Å². The molecule has 1 aliphatic carbocycles. The molecule has 0 N–H and O–H groups in total. The second-order valence-electron chi connectivity index (χ2n) is 3.33. The predicted molar refractivity (Wildman–Crippen MR) is 60.1 cm³/mol. The van der Waals surface area contributed by atoms with E-state index in [1.165, 1.54) is 24.5 Å². The van der Waals surface area contributed by atoms with Crippen LogP contribution >= 0.6 is 0 Å². The molecule has 0 aromatic heterocycles. The number of esters is 1. The van der Waals surface area contributed by atoms with Crippen molar-refractivity contribution in [2.24, 2.45) is 0 Å². The molecule has 0 radical (unpaired) electrons. The molecule has 0 aromatic carbocycles.